The minimum Gasteiger partial charge on any atom is -0.466 e. The maximum absolute atomic E-state index is 11.8. The highest BCUT2D eigenvalue weighted by atomic mass is 16.5. The summed E-state index contributed by atoms with van der Waals surface area (Å²) in [6, 6.07) is 9.91. The quantitative estimate of drug-likeness (QED) is 0.736. The Hall–Kier alpha value is -2.73. The predicted octanol–water partition coefficient (Wildman–Crippen LogP) is 1.10. The van der Waals surface area contributed by atoms with E-state index in [9.17, 15) is 9.59 Å². The molecule has 0 bridgehead atoms. The lowest BCUT2D eigenvalue weighted by Gasteiger charge is -2.10. The summed E-state index contributed by atoms with van der Waals surface area (Å²) in [5, 5.41) is 5.93. The maximum Gasteiger partial charge on any atom is 0.233 e. The second-order valence-electron chi connectivity index (χ2n) is 5.56. The molecule has 1 amide bonds. The lowest BCUT2D eigenvalue weighted by molar-refractivity contribution is -0.120. The third kappa shape index (κ3) is 4.39. The Labute approximate surface area is 140 Å². The summed E-state index contributed by atoms with van der Waals surface area (Å²) in [6.45, 7) is 1.39. The molecule has 0 radical (unpaired) electrons. The molecule has 1 aliphatic heterocycles. The summed E-state index contributed by atoms with van der Waals surface area (Å²) in [6.07, 6.45) is 4.77. The number of amides is 1. The molecular weight excluding hydrogens is 306 g/mol. The number of hydrogen-bond acceptors (Lipinski definition) is 5. The van der Waals surface area contributed by atoms with Crippen LogP contribution in [-0.2, 0) is 20.9 Å². The zero-order valence-electron chi connectivity index (χ0n) is 13.2. The number of benzene rings is 1. The Morgan fingerprint density at radius 2 is 2.04 bits per heavy atom. The van der Waals surface area contributed by atoms with Gasteiger partial charge in [0, 0.05) is 25.6 Å². The van der Waals surface area contributed by atoms with Gasteiger partial charge < -0.3 is 15.4 Å². The van der Waals surface area contributed by atoms with Gasteiger partial charge in [-0.3, -0.25) is 9.59 Å². The summed E-state index contributed by atoms with van der Waals surface area (Å²) in [4.78, 5) is 27.4. The molecule has 2 N–H and O–H groups in total. The molecule has 1 unspecified atom stereocenters. The fraction of sp³-hybridized carbons (Fsp3) is 0.278. The first-order valence-corrected chi connectivity index (χ1v) is 7.90. The van der Waals surface area contributed by atoms with Gasteiger partial charge in [0.2, 0.25) is 5.91 Å². The lowest BCUT2D eigenvalue weighted by atomic mass is 10.1. The molecule has 1 aromatic rings. The average Bonchev–Trinajstić information content (AvgIpc) is 2.97. The molecular formula is C18H19N3O3. The lowest BCUT2D eigenvalue weighted by Crippen LogP contribution is -2.35. The van der Waals surface area contributed by atoms with Crippen molar-refractivity contribution in [1.82, 2.24) is 10.6 Å². The van der Waals surface area contributed by atoms with Crippen LogP contribution in [0.3, 0.4) is 0 Å². The summed E-state index contributed by atoms with van der Waals surface area (Å²) in [5.41, 5.74) is 1.83. The molecule has 3 rings (SSSR count). The van der Waals surface area contributed by atoms with E-state index in [0.29, 0.717) is 31.0 Å². The first-order chi connectivity index (χ1) is 11.7. The fourth-order valence-corrected chi connectivity index (χ4v) is 2.46. The monoisotopic (exact) mass is 325 g/mol. The Balaban J connectivity index is 1.33. The van der Waals surface area contributed by atoms with Gasteiger partial charge in [-0.05, 0) is 17.7 Å². The number of ether oxygens (including phenoxy) is 1. The van der Waals surface area contributed by atoms with E-state index in [1.54, 1.807) is 6.08 Å². The summed E-state index contributed by atoms with van der Waals surface area (Å²) >= 11 is 0. The molecule has 1 aliphatic carbocycles. The van der Waals surface area contributed by atoms with Gasteiger partial charge in [-0.25, -0.2) is 4.99 Å². The number of carbonyl (C=O) groups excluding carboxylic acids is 2. The number of carbonyl (C=O) groups is 2. The Morgan fingerprint density at radius 3 is 2.88 bits per heavy atom. The van der Waals surface area contributed by atoms with Gasteiger partial charge in [0.15, 0.2) is 17.8 Å². The maximum atomic E-state index is 11.8. The van der Waals surface area contributed by atoms with E-state index in [-0.39, 0.29) is 24.5 Å². The number of aliphatic imine (C=N–C) groups is 1. The van der Waals surface area contributed by atoms with Gasteiger partial charge in [-0.1, -0.05) is 30.3 Å². The molecule has 1 heterocycles. The van der Waals surface area contributed by atoms with Crippen LogP contribution in [-0.4, -0.2) is 36.7 Å². The highest BCUT2D eigenvalue weighted by Gasteiger charge is 2.24. The summed E-state index contributed by atoms with van der Waals surface area (Å²) in [5.74, 6) is 0.356. The standard InChI is InChI=1S/C18H19N3O3/c22-14-6-7-15-16(10-14)24-18(21-15)8-9-20-17(23)12-19-11-13-4-2-1-3-5-13/h1-7,10,18-19H,8-9,11-12H2,(H,20,23). The summed E-state index contributed by atoms with van der Waals surface area (Å²) in [7, 11) is 0. The van der Waals surface area contributed by atoms with Crippen LogP contribution in [0.2, 0.25) is 0 Å². The number of fused-ring (bicyclic) bond motifs is 1. The van der Waals surface area contributed by atoms with Gasteiger partial charge in [-0.2, -0.15) is 0 Å². The molecule has 0 spiro atoms. The Bertz CT molecular complexity index is 707. The van der Waals surface area contributed by atoms with Gasteiger partial charge >= 0.3 is 0 Å². The first-order valence-electron chi connectivity index (χ1n) is 7.90. The van der Waals surface area contributed by atoms with Crippen LogP contribution in [0.4, 0.5) is 0 Å². The van der Waals surface area contributed by atoms with Crippen LogP contribution < -0.4 is 10.6 Å². The van der Waals surface area contributed by atoms with Gasteiger partial charge in [0.1, 0.15) is 5.71 Å². The molecule has 0 saturated carbocycles. The molecule has 2 aliphatic rings. The third-order valence-electron chi connectivity index (χ3n) is 3.65. The zero-order chi connectivity index (χ0) is 16.8. The van der Waals surface area contributed by atoms with Crippen LogP contribution in [0.25, 0.3) is 0 Å². The second kappa shape index (κ2) is 7.70. The third-order valence-corrected chi connectivity index (χ3v) is 3.65. The molecule has 6 nitrogen and oxygen atoms in total. The van der Waals surface area contributed by atoms with E-state index in [1.807, 2.05) is 30.3 Å². The van der Waals surface area contributed by atoms with Gasteiger partial charge in [-0.15, -0.1) is 0 Å². The number of rotatable bonds is 7. The van der Waals surface area contributed by atoms with Gasteiger partial charge in [0.05, 0.1) is 6.54 Å². The molecule has 124 valence electrons. The van der Waals surface area contributed by atoms with Crippen molar-refractivity contribution < 1.29 is 14.3 Å². The van der Waals surface area contributed by atoms with Crippen LogP contribution in [0.5, 0.6) is 0 Å². The molecule has 0 saturated heterocycles. The zero-order valence-corrected chi connectivity index (χ0v) is 13.2. The molecule has 24 heavy (non-hydrogen) atoms. The van der Waals surface area contributed by atoms with Crippen molar-refractivity contribution in [1.29, 1.82) is 0 Å². The number of nitrogens with zero attached hydrogens (tertiary/aromatic N) is 1. The predicted molar refractivity (Wildman–Crippen MR) is 90.3 cm³/mol. The van der Waals surface area contributed by atoms with Crippen LogP contribution >= 0.6 is 0 Å². The molecule has 0 fully saturated rings. The van der Waals surface area contributed by atoms with Crippen molar-refractivity contribution in [3.05, 3.63) is 59.9 Å². The van der Waals surface area contributed by atoms with Crippen LogP contribution in [0.15, 0.2) is 59.3 Å². The molecule has 6 heteroatoms. The van der Waals surface area contributed by atoms with Crippen molar-refractivity contribution in [3.8, 4) is 0 Å². The Kier molecular flexibility index (Phi) is 5.18. The fourth-order valence-electron chi connectivity index (χ4n) is 2.46. The van der Waals surface area contributed by atoms with Crippen molar-refractivity contribution in [3.63, 3.8) is 0 Å². The van der Waals surface area contributed by atoms with Crippen molar-refractivity contribution in [2.24, 2.45) is 4.99 Å². The highest BCUT2D eigenvalue weighted by molar-refractivity contribution is 6.19. The minimum absolute atomic E-state index is 0.0664. The Morgan fingerprint density at radius 1 is 1.21 bits per heavy atom. The van der Waals surface area contributed by atoms with Gasteiger partial charge in [0.25, 0.3) is 0 Å². The summed E-state index contributed by atoms with van der Waals surface area (Å²) < 4.78 is 5.57. The van der Waals surface area contributed by atoms with Crippen molar-refractivity contribution >= 4 is 17.4 Å². The first kappa shape index (κ1) is 16.1. The SMILES string of the molecule is O=C1C=CC2=NC(CCNC(=O)CNCc3ccccc3)OC2=C1. The normalized spacial score (nSPS) is 18.5. The van der Waals surface area contributed by atoms with E-state index >= 15 is 0 Å². The van der Waals surface area contributed by atoms with Crippen LogP contribution in [0, 0.1) is 0 Å². The largest absolute Gasteiger partial charge is 0.466 e. The number of allylic oxidation sites excluding steroid dienone is 3. The van der Waals surface area contributed by atoms with Crippen molar-refractivity contribution in [2.75, 3.05) is 13.1 Å². The molecule has 1 atom stereocenters. The molecule has 1 aromatic carbocycles. The molecule has 0 aromatic heterocycles. The van der Waals surface area contributed by atoms with Crippen molar-refractivity contribution in [2.45, 2.75) is 19.2 Å². The average molecular weight is 325 g/mol. The van der Waals surface area contributed by atoms with E-state index < -0.39 is 0 Å². The number of ketones is 1. The van der Waals surface area contributed by atoms with E-state index in [1.165, 1.54) is 12.2 Å². The number of hydrogen-bond donors (Lipinski definition) is 2. The minimum atomic E-state index is -0.348. The highest BCUT2D eigenvalue weighted by Crippen LogP contribution is 2.21. The van der Waals surface area contributed by atoms with E-state index in [0.717, 1.165) is 5.56 Å². The topological polar surface area (TPSA) is 79.8 Å². The number of nitrogens with one attached hydrogen (secondary N) is 2. The van der Waals surface area contributed by atoms with E-state index in [4.69, 9.17) is 4.74 Å². The van der Waals surface area contributed by atoms with Crippen LogP contribution in [0.1, 0.15) is 12.0 Å². The van der Waals surface area contributed by atoms with E-state index in [2.05, 4.69) is 15.6 Å². The second-order valence-corrected chi connectivity index (χ2v) is 5.56. The smallest absolute Gasteiger partial charge is 0.233 e.